The van der Waals surface area contributed by atoms with Gasteiger partial charge in [0.1, 0.15) is 18.0 Å². The molecule has 0 radical (unpaired) electrons. The van der Waals surface area contributed by atoms with E-state index in [-0.39, 0.29) is 29.7 Å². The second-order valence-corrected chi connectivity index (χ2v) is 8.34. The molecule has 13 heteroatoms. The fourth-order valence-electron chi connectivity index (χ4n) is 3.56. The van der Waals surface area contributed by atoms with Crippen molar-refractivity contribution in [1.82, 2.24) is 25.6 Å². The standard InChI is InChI=1S/C23H29F4N5O4/c24-9-3-1-2-4-10-36-20-13-16(21(33)28-15-23(25,26)27)5-6-19(20)32-14-18(30-31-32)22(34)29-17-7-11-35-12-8-17/h5-6,13-14,17H,1-4,7-12,15H2,(H,28,33)(H,29,34). The molecular formula is C23H29F4N5O4. The van der Waals surface area contributed by atoms with Crippen LogP contribution in [0.2, 0.25) is 0 Å². The summed E-state index contributed by atoms with van der Waals surface area (Å²) in [6.07, 6.45) is 0.741. The zero-order valence-corrected chi connectivity index (χ0v) is 19.7. The normalized spacial score (nSPS) is 14.4. The molecule has 9 nitrogen and oxygen atoms in total. The van der Waals surface area contributed by atoms with Crippen molar-refractivity contribution in [3.8, 4) is 11.4 Å². The predicted molar refractivity (Wildman–Crippen MR) is 121 cm³/mol. The van der Waals surface area contributed by atoms with Gasteiger partial charge in [0.25, 0.3) is 11.8 Å². The van der Waals surface area contributed by atoms with E-state index in [1.807, 2.05) is 5.32 Å². The summed E-state index contributed by atoms with van der Waals surface area (Å²) in [6.45, 7) is -0.493. The minimum absolute atomic E-state index is 0.0258. The van der Waals surface area contributed by atoms with E-state index in [1.54, 1.807) is 0 Å². The van der Waals surface area contributed by atoms with Gasteiger partial charge in [-0.15, -0.1) is 5.10 Å². The number of carbonyl (C=O) groups excluding carboxylic acids is 2. The van der Waals surface area contributed by atoms with E-state index in [9.17, 15) is 27.2 Å². The highest BCUT2D eigenvalue weighted by Gasteiger charge is 2.28. The third kappa shape index (κ3) is 8.47. The van der Waals surface area contributed by atoms with Crippen LogP contribution in [0.1, 0.15) is 59.4 Å². The average molecular weight is 516 g/mol. The summed E-state index contributed by atoms with van der Waals surface area (Å²) in [4.78, 5) is 24.8. The van der Waals surface area contributed by atoms with Crippen LogP contribution in [0.4, 0.5) is 17.6 Å². The maximum absolute atomic E-state index is 12.6. The Kier molecular flexibility index (Phi) is 10.0. The fraction of sp³-hybridized carbons (Fsp3) is 0.565. The van der Waals surface area contributed by atoms with E-state index in [1.165, 1.54) is 29.1 Å². The summed E-state index contributed by atoms with van der Waals surface area (Å²) in [5.74, 6) is -1.13. The number of amides is 2. The second-order valence-electron chi connectivity index (χ2n) is 8.34. The van der Waals surface area contributed by atoms with Gasteiger partial charge in [-0.1, -0.05) is 11.6 Å². The maximum atomic E-state index is 12.6. The van der Waals surface area contributed by atoms with Crippen LogP contribution in [0.25, 0.3) is 5.69 Å². The lowest BCUT2D eigenvalue weighted by Crippen LogP contribution is -2.39. The van der Waals surface area contributed by atoms with Gasteiger partial charge in [0.2, 0.25) is 0 Å². The number of unbranched alkanes of at least 4 members (excludes halogenated alkanes) is 3. The molecule has 1 fully saturated rings. The summed E-state index contributed by atoms with van der Waals surface area (Å²) in [5.41, 5.74) is 0.391. The van der Waals surface area contributed by atoms with Crippen molar-refractivity contribution < 1.29 is 36.6 Å². The van der Waals surface area contributed by atoms with Crippen LogP contribution in [-0.4, -0.2) is 72.1 Å². The van der Waals surface area contributed by atoms with Gasteiger partial charge in [-0.05, 0) is 50.3 Å². The number of nitrogens with one attached hydrogen (secondary N) is 2. The van der Waals surface area contributed by atoms with Crippen molar-refractivity contribution in [3.05, 3.63) is 35.7 Å². The third-order valence-corrected chi connectivity index (χ3v) is 5.49. The number of hydrogen-bond donors (Lipinski definition) is 2. The van der Waals surface area contributed by atoms with Crippen LogP contribution in [0.3, 0.4) is 0 Å². The monoisotopic (exact) mass is 515 g/mol. The van der Waals surface area contributed by atoms with Crippen LogP contribution in [0.5, 0.6) is 5.75 Å². The van der Waals surface area contributed by atoms with Gasteiger partial charge in [-0.25, -0.2) is 4.68 Å². The molecule has 2 aromatic rings. The smallest absolute Gasteiger partial charge is 0.405 e. The molecular weight excluding hydrogens is 486 g/mol. The molecule has 0 spiro atoms. The highest BCUT2D eigenvalue weighted by Crippen LogP contribution is 2.25. The molecule has 2 heterocycles. The number of rotatable bonds is 12. The SMILES string of the molecule is O=C(NCC(F)(F)F)c1ccc(-n2cc(C(=O)NC3CCOCC3)nn2)c(OCCCCCCF)c1. The molecule has 0 aliphatic carbocycles. The minimum Gasteiger partial charge on any atom is -0.491 e. The number of alkyl halides is 4. The number of hydrogen-bond acceptors (Lipinski definition) is 6. The first-order valence-electron chi connectivity index (χ1n) is 11.8. The Morgan fingerprint density at radius 3 is 2.58 bits per heavy atom. The summed E-state index contributed by atoms with van der Waals surface area (Å²) < 4.78 is 62.1. The van der Waals surface area contributed by atoms with Crippen molar-refractivity contribution in [2.45, 2.75) is 50.7 Å². The van der Waals surface area contributed by atoms with Crippen molar-refractivity contribution >= 4 is 11.8 Å². The molecule has 1 aliphatic heterocycles. The number of ether oxygens (including phenoxy) is 2. The van der Waals surface area contributed by atoms with Crippen molar-refractivity contribution in [3.63, 3.8) is 0 Å². The number of halogens is 4. The van der Waals surface area contributed by atoms with Gasteiger partial charge in [0, 0.05) is 24.8 Å². The molecule has 1 aromatic carbocycles. The van der Waals surface area contributed by atoms with Crippen molar-refractivity contribution in [1.29, 1.82) is 0 Å². The summed E-state index contributed by atoms with van der Waals surface area (Å²) in [5, 5.41) is 12.6. The van der Waals surface area contributed by atoms with E-state index >= 15 is 0 Å². The molecule has 2 amide bonds. The molecule has 3 rings (SSSR count). The molecule has 0 saturated carbocycles. The zero-order valence-electron chi connectivity index (χ0n) is 19.7. The van der Waals surface area contributed by atoms with Crippen LogP contribution in [0.15, 0.2) is 24.4 Å². The second kappa shape index (κ2) is 13.2. The molecule has 1 aliphatic rings. The first-order chi connectivity index (χ1) is 17.3. The largest absolute Gasteiger partial charge is 0.491 e. The van der Waals surface area contributed by atoms with Gasteiger partial charge in [0.05, 0.1) is 19.5 Å². The van der Waals surface area contributed by atoms with E-state index in [0.29, 0.717) is 51.0 Å². The Labute approximate surface area is 205 Å². The number of aromatic nitrogens is 3. The minimum atomic E-state index is -4.54. The molecule has 198 valence electrons. The average Bonchev–Trinajstić information content (AvgIpc) is 3.35. The Hall–Kier alpha value is -3.22. The van der Waals surface area contributed by atoms with Gasteiger partial charge in [-0.3, -0.25) is 14.0 Å². The quantitative estimate of drug-likeness (QED) is 0.332. The molecule has 0 bridgehead atoms. The first-order valence-corrected chi connectivity index (χ1v) is 11.8. The Balaban J connectivity index is 1.74. The molecule has 2 N–H and O–H groups in total. The molecule has 1 saturated heterocycles. The van der Waals surface area contributed by atoms with Gasteiger partial charge >= 0.3 is 6.18 Å². The summed E-state index contributed by atoms with van der Waals surface area (Å²) in [7, 11) is 0. The molecule has 0 atom stereocenters. The molecule has 1 aromatic heterocycles. The fourth-order valence-corrected chi connectivity index (χ4v) is 3.56. The highest BCUT2D eigenvalue weighted by atomic mass is 19.4. The lowest BCUT2D eigenvalue weighted by atomic mass is 10.1. The molecule has 0 unspecified atom stereocenters. The van der Waals surface area contributed by atoms with Crippen molar-refractivity contribution in [2.24, 2.45) is 0 Å². The summed E-state index contributed by atoms with van der Waals surface area (Å²) in [6, 6.07) is 4.07. The Morgan fingerprint density at radius 2 is 1.86 bits per heavy atom. The van der Waals surface area contributed by atoms with Gasteiger partial charge in [-0.2, -0.15) is 13.2 Å². The van der Waals surface area contributed by atoms with Gasteiger partial charge < -0.3 is 20.1 Å². The lowest BCUT2D eigenvalue weighted by Gasteiger charge is -2.22. The summed E-state index contributed by atoms with van der Waals surface area (Å²) >= 11 is 0. The van der Waals surface area contributed by atoms with Gasteiger partial charge in [0.15, 0.2) is 5.69 Å². The topological polar surface area (TPSA) is 107 Å². The third-order valence-electron chi connectivity index (χ3n) is 5.49. The van der Waals surface area contributed by atoms with E-state index in [4.69, 9.17) is 9.47 Å². The predicted octanol–water partition coefficient (Wildman–Crippen LogP) is 3.38. The first kappa shape index (κ1) is 27.4. The van der Waals surface area contributed by atoms with Crippen LogP contribution < -0.4 is 15.4 Å². The number of nitrogens with zero attached hydrogens (tertiary/aromatic N) is 3. The molecule has 36 heavy (non-hydrogen) atoms. The number of carbonyl (C=O) groups is 2. The highest BCUT2D eigenvalue weighted by molar-refractivity contribution is 5.95. The van der Waals surface area contributed by atoms with Crippen molar-refractivity contribution in [2.75, 3.05) is 33.0 Å². The lowest BCUT2D eigenvalue weighted by molar-refractivity contribution is -0.123. The van der Waals surface area contributed by atoms with E-state index in [0.717, 1.165) is 6.42 Å². The van der Waals surface area contributed by atoms with Crippen LogP contribution >= 0.6 is 0 Å². The number of benzene rings is 1. The van der Waals surface area contributed by atoms with Crippen LogP contribution in [-0.2, 0) is 4.74 Å². The Morgan fingerprint density at radius 1 is 1.11 bits per heavy atom. The van der Waals surface area contributed by atoms with E-state index < -0.39 is 31.2 Å². The van der Waals surface area contributed by atoms with E-state index in [2.05, 4.69) is 15.6 Å². The zero-order chi connectivity index (χ0) is 26.0. The van der Waals surface area contributed by atoms with Crippen LogP contribution in [0, 0.1) is 0 Å². The Bertz CT molecular complexity index is 1010. The maximum Gasteiger partial charge on any atom is 0.405 e.